The number of nitrogens with zero attached hydrogens (tertiary/aromatic N) is 2. The molecule has 0 atom stereocenters. The summed E-state index contributed by atoms with van der Waals surface area (Å²) in [6, 6.07) is 6.87. The molecule has 0 amide bonds. The summed E-state index contributed by atoms with van der Waals surface area (Å²) in [5, 5.41) is 0. The molecule has 8 heteroatoms. The largest absolute Gasteiger partial charge is 0.573 e. The molecule has 0 saturated carbocycles. The van der Waals surface area contributed by atoms with Crippen LogP contribution in [0.4, 0.5) is 24.8 Å². The Morgan fingerprint density at radius 1 is 1.00 bits per heavy atom. The minimum atomic E-state index is -4.66. The van der Waals surface area contributed by atoms with Crippen molar-refractivity contribution in [3.63, 3.8) is 0 Å². The van der Waals surface area contributed by atoms with Crippen molar-refractivity contribution in [2.24, 2.45) is 0 Å². The monoisotopic (exact) mass is 272 g/mol. The molecule has 0 bridgehead atoms. The lowest BCUT2D eigenvalue weighted by molar-refractivity contribution is -0.274. The van der Waals surface area contributed by atoms with E-state index in [0.29, 0.717) is 5.95 Å². The second kappa shape index (κ2) is 6.43. The van der Waals surface area contributed by atoms with Gasteiger partial charge in [-0.05, 0) is 18.2 Å². The molecule has 0 aliphatic heterocycles. The van der Waals surface area contributed by atoms with E-state index in [1.54, 1.807) is 18.5 Å². The number of hydrogen-bond acceptors (Lipinski definition) is 5. The third kappa shape index (κ3) is 6.71. The van der Waals surface area contributed by atoms with E-state index in [2.05, 4.69) is 14.7 Å². The molecule has 1 aromatic heterocycles. The normalized spacial score (nSPS) is 10.3. The number of nitrogen functional groups attached to an aromatic ring is 2. The van der Waals surface area contributed by atoms with Crippen LogP contribution in [0.1, 0.15) is 0 Å². The molecule has 102 valence electrons. The highest BCUT2D eigenvalue weighted by atomic mass is 19.4. The molecule has 0 aliphatic rings. The fourth-order valence-corrected chi connectivity index (χ4v) is 1.02. The van der Waals surface area contributed by atoms with Crippen LogP contribution in [0, 0.1) is 0 Å². The number of hydrogen-bond donors (Lipinski definition) is 2. The molecule has 0 radical (unpaired) electrons. The van der Waals surface area contributed by atoms with Crippen molar-refractivity contribution in [1.82, 2.24) is 9.97 Å². The van der Waals surface area contributed by atoms with Crippen LogP contribution in [0.25, 0.3) is 0 Å². The second-order valence-electron chi connectivity index (χ2n) is 3.23. The topological polar surface area (TPSA) is 87.0 Å². The van der Waals surface area contributed by atoms with E-state index in [-0.39, 0.29) is 11.4 Å². The molecule has 5 nitrogen and oxygen atoms in total. The van der Waals surface area contributed by atoms with Gasteiger partial charge in [0.15, 0.2) is 0 Å². The number of alkyl halides is 3. The van der Waals surface area contributed by atoms with Crippen molar-refractivity contribution in [2.45, 2.75) is 6.36 Å². The maximum absolute atomic E-state index is 11.6. The predicted molar refractivity (Wildman–Crippen MR) is 64.0 cm³/mol. The Balaban J connectivity index is 0.000000218. The molecule has 0 spiro atoms. The molecule has 0 aliphatic carbocycles. The van der Waals surface area contributed by atoms with Gasteiger partial charge in [0.25, 0.3) is 0 Å². The lowest BCUT2D eigenvalue weighted by atomic mass is 10.3. The summed E-state index contributed by atoms with van der Waals surface area (Å²) in [6.45, 7) is 0. The highest BCUT2D eigenvalue weighted by molar-refractivity contribution is 5.43. The van der Waals surface area contributed by atoms with Gasteiger partial charge in [-0.3, -0.25) is 0 Å². The van der Waals surface area contributed by atoms with Gasteiger partial charge in [-0.1, -0.05) is 6.07 Å². The molecule has 1 heterocycles. The van der Waals surface area contributed by atoms with E-state index < -0.39 is 6.36 Å². The Morgan fingerprint density at radius 2 is 1.63 bits per heavy atom. The number of nitrogens with two attached hydrogens (primary N) is 2. The van der Waals surface area contributed by atoms with Crippen molar-refractivity contribution < 1.29 is 17.9 Å². The van der Waals surface area contributed by atoms with E-state index >= 15 is 0 Å². The first kappa shape index (κ1) is 14.6. The van der Waals surface area contributed by atoms with Gasteiger partial charge in [-0.25, -0.2) is 9.97 Å². The van der Waals surface area contributed by atoms with E-state index in [1.165, 1.54) is 18.2 Å². The molecule has 2 aromatic rings. The SMILES string of the molecule is Nc1cccc(OC(F)(F)F)c1.Nc1ncccn1. The van der Waals surface area contributed by atoms with Crippen LogP contribution in [0.2, 0.25) is 0 Å². The first-order valence-corrected chi connectivity index (χ1v) is 5.00. The molecular formula is C11H11F3N4O. The van der Waals surface area contributed by atoms with Crippen LogP contribution in [0.15, 0.2) is 42.7 Å². The van der Waals surface area contributed by atoms with Gasteiger partial charge in [0.1, 0.15) is 5.75 Å². The van der Waals surface area contributed by atoms with Crippen LogP contribution in [0.3, 0.4) is 0 Å². The number of anilines is 2. The number of rotatable bonds is 1. The van der Waals surface area contributed by atoms with Crippen molar-refractivity contribution >= 4 is 11.6 Å². The van der Waals surface area contributed by atoms with Crippen molar-refractivity contribution in [3.05, 3.63) is 42.7 Å². The molecule has 19 heavy (non-hydrogen) atoms. The molecule has 2 rings (SSSR count). The summed E-state index contributed by atoms with van der Waals surface area (Å²) in [5.41, 5.74) is 10.6. The number of aromatic nitrogens is 2. The summed E-state index contributed by atoms with van der Waals surface area (Å²) >= 11 is 0. The minimum absolute atomic E-state index is 0.233. The quantitative estimate of drug-likeness (QED) is 0.777. The van der Waals surface area contributed by atoms with Crippen molar-refractivity contribution in [1.29, 1.82) is 0 Å². The summed E-state index contributed by atoms with van der Waals surface area (Å²) < 4.78 is 38.4. The second-order valence-corrected chi connectivity index (χ2v) is 3.23. The smallest absolute Gasteiger partial charge is 0.406 e. The molecule has 4 N–H and O–H groups in total. The van der Waals surface area contributed by atoms with Gasteiger partial charge in [0.2, 0.25) is 5.95 Å². The summed E-state index contributed by atoms with van der Waals surface area (Å²) in [5.74, 6) is 0.0185. The van der Waals surface area contributed by atoms with Gasteiger partial charge in [-0.15, -0.1) is 13.2 Å². The van der Waals surface area contributed by atoms with E-state index in [9.17, 15) is 13.2 Å². The van der Waals surface area contributed by atoms with Crippen LogP contribution >= 0.6 is 0 Å². The van der Waals surface area contributed by atoms with Crippen molar-refractivity contribution in [3.8, 4) is 5.75 Å². The molecule has 0 unspecified atom stereocenters. The highest BCUT2D eigenvalue weighted by Gasteiger charge is 2.30. The van der Waals surface area contributed by atoms with E-state index in [0.717, 1.165) is 6.07 Å². The minimum Gasteiger partial charge on any atom is -0.406 e. The summed E-state index contributed by atoms with van der Waals surface area (Å²) in [7, 11) is 0. The van der Waals surface area contributed by atoms with Crippen LogP contribution in [0.5, 0.6) is 5.75 Å². The first-order valence-electron chi connectivity index (χ1n) is 5.00. The van der Waals surface area contributed by atoms with Crippen LogP contribution < -0.4 is 16.2 Å². The zero-order valence-corrected chi connectivity index (χ0v) is 9.63. The number of ether oxygens (including phenoxy) is 1. The van der Waals surface area contributed by atoms with Gasteiger partial charge in [-0.2, -0.15) is 0 Å². The third-order valence-corrected chi connectivity index (χ3v) is 1.68. The van der Waals surface area contributed by atoms with Gasteiger partial charge < -0.3 is 16.2 Å². The summed E-state index contributed by atoms with van der Waals surface area (Å²) in [4.78, 5) is 7.29. The molecule has 0 saturated heterocycles. The van der Waals surface area contributed by atoms with Crippen LogP contribution in [-0.4, -0.2) is 16.3 Å². The first-order chi connectivity index (χ1) is 8.87. The number of benzene rings is 1. The summed E-state index contributed by atoms with van der Waals surface area (Å²) in [6.07, 6.45) is -1.46. The Bertz CT molecular complexity index is 505. The Labute approximate surface area is 107 Å². The average Bonchev–Trinajstić information content (AvgIpc) is 2.28. The van der Waals surface area contributed by atoms with E-state index in [1.807, 2.05) is 0 Å². The Kier molecular flexibility index (Phi) is 4.92. The predicted octanol–water partition coefficient (Wildman–Crippen LogP) is 2.23. The molecule has 0 fully saturated rings. The van der Waals surface area contributed by atoms with Crippen molar-refractivity contribution in [2.75, 3.05) is 11.5 Å². The number of halogens is 3. The maximum atomic E-state index is 11.6. The standard InChI is InChI=1S/C7H6F3NO.C4H5N3/c8-7(9,10)12-6-3-1-2-5(11)4-6;5-4-6-2-1-3-7-4/h1-4H,11H2;1-3H,(H2,5,6,7). The third-order valence-electron chi connectivity index (χ3n) is 1.68. The Hall–Kier alpha value is -2.51. The zero-order valence-electron chi connectivity index (χ0n) is 9.63. The van der Waals surface area contributed by atoms with E-state index in [4.69, 9.17) is 11.5 Å². The Morgan fingerprint density at radius 3 is 2.05 bits per heavy atom. The molecule has 1 aromatic carbocycles. The van der Waals surface area contributed by atoms with Gasteiger partial charge in [0, 0.05) is 24.1 Å². The molecular weight excluding hydrogens is 261 g/mol. The van der Waals surface area contributed by atoms with Crippen LogP contribution in [-0.2, 0) is 0 Å². The zero-order chi connectivity index (χ0) is 14.3. The maximum Gasteiger partial charge on any atom is 0.573 e. The fourth-order valence-electron chi connectivity index (χ4n) is 1.02. The van der Waals surface area contributed by atoms with Gasteiger partial charge >= 0.3 is 6.36 Å². The highest BCUT2D eigenvalue weighted by Crippen LogP contribution is 2.23. The lowest BCUT2D eigenvalue weighted by Gasteiger charge is -2.08. The fraction of sp³-hybridized carbons (Fsp3) is 0.0909. The van der Waals surface area contributed by atoms with Gasteiger partial charge in [0.05, 0.1) is 0 Å². The lowest BCUT2D eigenvalue weighted by Crippen LogP contribution is -2.17. The average molecular weight is 272 g/mol.